The molecule has 0 fully saturated rings. The summed E-state index contributed by atoms with van der Waals surface area (Å²) in [7, 11) is 0. The van der Waals surface area contributed by atoms with Gasteiger partial charge in [0.15, 0.2) is 11.3 Å². The number of aromatic nitrogens is 6. The number of nitrogens with zero attached hydrogens (tertiary/aromatic N) is 7. The van der Waals surface area contributed by atoms with Gasteiger partial charge in [0.2, 0.25) is 0 Å². The molecule has 0 spiro atoms. The fourth-order valence-electron chi connectivity index (χ4n) is 2.88. The van der Waals surface area contributed by atoms with Crippen molar-refractivity contribution in [3.63, 3.8) is 0 Å². The minimum absolute atomic E-state index is 0.252. The number of alkyl halides is 2. The van der Waals surface area contributed by atoms with E-state index in [0.29, 0.717) is 28.4 Å². The van der Waals surface area contributed by atoms with Gasteiger partial charge in [-0.1, -0.05) is 6.07 Å². The predicted molar refractivity (Wildman–Crippen MR) is 92.9 cm³/mol. The predicted octanol–water partition coefficient (Wildman–Crippen LogP) is 3.10. The minimum Gasteiger partial charge on any atom is -0.323 e. The topological polar surface area (TPSA) is 84.7 Å². The third-order valence-corrected chi connectivity index (χ3v) is 4.02. The fraction of sp³-hybridized carbons (Fsp3) is 0.167. The Labute approximate surface area is 152 Å². The second kappa shape index (κ2) is 6.57. The summed E-state index contributed by atoms with van der Waals surface area (Å²) in [5.74, 6) is 0. The van der Waals surface area contributed by atoms with Gasteiger partial charge in [0, 0.05) is 5.69 Å². The summed E-state index contributed by atoms with van der Waals surface area (Å²) in [5.41, 5.74) is 3.34. The summed E-state index contributed by atoms with van der Waals surface area (Å²) in [6.45, 7) is 1.32. The van der Waals surface area contributed by atoms with E-state index in [0.717, 1.165) is 5.69 Å². The molecule has 134 valence electrons. The van der Waals surface area contributed by atoms with Crippen LogP contribution in [0.15, 0.2) is 42.9 Å². The number of pyridine rings is 1. The van der Waals surface area contributed by atoms with Crippen LogP contribution in [0.1, 0.15) is 11.4 Å². The highest BCUT2D eigenvalue weighted by atomic mass is 19.3. The minimum atomic E-state index is -2.55. The Morgan fingerprint density at radius 3 is 2.74 bits per heavy atom. The van der Waals surface area contributed by atoms with Crippen LogP contribution >= 0.6 is 0 Å². The third-order valence-electron chi connectivity index (χ3n) is 4.02. The normalized spacial score (nSPS) is 11.2. The smallest absolute Gasteiger partial charge is 0.256 e. The molecule has 0 aliphatic rings. The largest absolute Gasteiger partial charge is 0.323 e. The van der Waals surface area contributed by atoms with Crippen molar-refractivity contribution in [2.75, 3.05) is 0 Å². The highest BCUT2D eigenvalue weighted by molar-refractivity contribution is 5.75. The zero-order chi connectivity index (χ0) is 19.0. The van der Waals surface area contributed by atoms with Crippen LogP contribution in [-0.2, 0) is 6.54 Å². The van der Waals surface area contributed by atoms with E-state index >= 15 is 0 Å². The van der Waals surface area contributed by atoms with Gasteiger partial charge in [0.05, 0.1) is 30.5 Å². The van der Waals surface area contributed by atoms with Crippen molar-refractivity contribution in [2.45, 2.75) is 19.9 Å². The zero-order valence-corrected chi connectivity index (χ0v) is 14.2. The van der Waals surface area contributed by atoms with Crippen LogP contribution in [0, 0.1) is 18.3 Å². The van der Waals surface area contributed by atoms with E-state index in [4.69, 9.17) is 0 Å². The molecule has 0 aromatic carbocycles. The van der Waals surface area contributed by atoms with E-state index in [-0.39, 0.29) is 5.69 Å². The summed E-state index contributed by atoms with van der Waals surface area (Å²) in [6.07, 6.45) is 0.208. The molecule has 0 radical (unpaired) electrons. The summed E-state index contributed by atoms with van der Waals surface area (Å²) in [5, 5.41) is 13.6. The molecule has 0 amide bonds. The lowest BCUT2D eigenvalue weighted by Gasteiger charge is -2.10. The first-order valence-corrected chi connectivity index (χ1v) is 8.09. The number of halogens is 2. The van der Waals surface area contributed by atoms with Crippen LogP contribution in [-0.4, -0.2) is 35.6 Å². The van der Waals surface area contributed by atoms with Crippen molar-refractivity contribution < 1.29 is 8.78 Å². The molecule has 0 saturated heterocycles. The Morgan fingerprint density at radius 2 is 2.00 bits per heavy atom. The van der Waals surface area contributed by atoms with Gasteiger partial charge in [-0.3, -0.25) is 4.98 Å². The molecule has 4 heterocycles. The number of hydrogen-bond donors (Lipinski definition) is 0. The highest BCUT2D eigenvalue weighted by Gasteiger charge is 2.20. The SMILES string of the molecule is Cc1cccc(-c2ncn(CC(F)F)c2-c2ccc3ncc(C#N)n3n2)n1. The molecule has 0 unspecified atom stereocenters. The molecule has 0 atom stereocenters. The van der Waals surface area contributed by atoms with Crippen LogP contribution in [0.5, 0.6) is 0 Å². The summed E-state index contributed by atoms with van der Waals surface area (Å²) in [4.78, 5) is 12.8. The maximum absolute atomic E-state index is 13.1. The molecule has 7 nitrogen and oxygen atoms in total. The third kappa shape index (κ3) is 3.01. The lowest BCUT2D eigenvalue weighted by Crippen LogP contribution is -2.08. The molecule has 27 heavy (non-hydrogen) atoms. The molecule has 9 heteroatoms. The van der Waals surface area contributed by atoms with Gasteiger partial charge in [-0.2, -0.15) is 10.4 Å². The average molecular weight is 365 g/mol. The Kier molecular flexibility index (Phi) is 4.08. The number of hydrogen-bond acceptors (Lipinski definition) is 5. The first-order valence-electron chi connectivity index (χ1n) is 8.09. The van der Waals surface area contributed by atoms with Gasteiger partial charge in [-0.25, -0.2) is 23.3 Å². The molecular formula is C18H13F2N7. The first-order chi connectivity index (χ1) is 13.1. The second-order valence-corrected chi connectivity index (χ2v) is 5.89. The zero-order valence-electron chi connectivity index (χ0n) is 14.2. The second-order valence-electron chi connectivity index (χ2n) is 5.89. The molecular weight excluding hydrogens is 352 g/mol. The van der Waals surface area contributed by atoms with E-state index in [1.807, 2.05) is 25.1 Å². The highest BCUT2D eigenvalue weighted by Crippen LogP contribution is 2.30. The molecule has 4 aromatic heterocycles. The number of aryl methyl sites for hydroxylation is 1. The molecule has 0 bridgehead atoms. The van der Waals surface area contributed by atoms with Crippen LogP contribution < -0.4 is 0 Å². The Bertz CT molecular complexity index is 1170. The summed E-state index contributed by atoms with van der Waals surface area (Å²) < 4.78 is 28.9. The van der Waals surface area contributed by atoms with Crippen LogP contribution in [0.25, 0.3) is 28.4 Å². The molecule has 0 saturated carbocycles. The van der Waals surface area contributed by atoms with E-state index in [2.05, 4.69) is 20.1 Å². The maximum Gasteiger partial charge on any atom is 0.256 e. The van der Waals surface area contributed by atoms with Crippen LogP contribution in [0.2, 0.25) is 0 Å². The van der Waals surface area contributed by atoms with Gasteiger partial charge in [0.1, 0.15) is 17.5 Å². The summed E-state index contributed by atoms with van der Waals surface area (Å²) >= 11 is 0. The number of imidazole rings is 2. The monoisotopic (exact) mass is 365 g/mol. The van der Waals surface area contributed by atoms with Gasteiger partial charge in [0.25, 0.3) is 6.43 Å². The van der Waals surface area contributed by atoms with Gasteiger partial charge < -0.3 is 4.57 Å². The maximum atomic E-state index is 13.1. The Balaban J connectivity index is 1.95. The molecule has 4 aromatic rings. The first kappa shape index (κ1) is 16.8. The van der Waals surface area contributed by atoms with E-state index in [9.17, 15) is 14.0 Å². The lowest BCUT2D eigenvalue weighted by molar-refractivity contribution is 0.127. The van der Waals surface area contributed by atoms with Crippen molar-refractivity contribution >= 4 is 5.65 Å². The number of rotatable bonds is 4. The molecule has 4 rings (SSSR count). The lowest BCUT2D eigenvalue weighted by atomic mass is 10.1. The average Bonchev–Trinajstić information content (AvgIpc) is 3.24. The van der Waals surface area contributed by atoms with Crippen molar-refractivity contribution in [3.05, 3.63) is 54.2 Å². The standard InChI is InChI=1S/C18H13F2N7/c1-11-3-2-4-13(24-11)17-18(26(10-23-17)9-15(19)20)14-5-6-16-22-8-12(7-21)27(16)25-14/h2-6,8,10,15H,9H2,1H3. The van der Waals surface area contributed by atoms with Crippen molar-refractivity contribution in [1.29, 1.82) is 5.26 Å². The summed E-state index contributed by atoms with van der Waals surface area (Å²) in [6, 6.07) is 10.8. The van der Waals surface area contributed by atoms with E-state index < -0.39 is 13.0 Å². The van der Waals surface area contributed by atoms with Crippen LogP contribution in [0.3, 0.4) is 0 Å². The molecule has 0 aliphatic heterocycles. The Hall–Kier alpha value is -3.67. The van der Waals surface area contributed by atoms with Crippen LogP contribution in [0.4, 0.5) is 8.78 Å². The van der Waals surface area contributed by atoms with Crippen molar-refractivity contribution in [1.82, 2.24) is 29.1 Å². The number of fused-ring (bicyclic) bond motifs is 1. The molecule has 0 N–H and O–H groups in total. The van der Waals surface area contributed by atoms with E-state index in [1.54, 1.807) is 18.2 Å². The number of nitriles is 1. The molecule has 0 aliphatic carbocycles. The van der Waals surface area contributed by atoms with Gasteiger partial charge >= 0.3 is 0 Å². The Morgan fingerprint density at radius 1 is 1.15 bits per heavy atom. The van der Waals surface area contributed by atoms with Crippen molar-refractivity contribution in [2.24, 2.45) is 0 Å². The van der Waals surface area contributed by atoms with Crippen molar-refractivity contribution in [3.8, 4) is 28.8 Å². The fourth-order valence-corrected chi connectivity index (χ4v) is 2.88. The van der Waals surface area contributed by atoms with E-state index in [1.165, 1.54) is 21.6 Å². The van der Waals surface area contributed by atoms with Gasteiger partial charge in [-0.15, -0.1) is 0 Å². The van der Waals surface area contributed by atoms with Gasteiger partial charge in [-0.05, 0) is 31.2 Å². The quantitative estimate of drug-likeness (QED) is 0.555.